The third-order valence-electron chi connectivity index (χ3n) is 2.92. The van der Waals surface area contributed by atoms with Gasteiger partial charge in [-0.25, -0.2) is 9.67 Å². The summed E-state index contributed by atoms with van der Waals surface area (Å²) in [4.78, 5) is 16.2. The van der Waals surface area contributed by atoms with Crippen molar-refractivity contribution in [3.63, 3.8) is 0 Å². The first-order valence-electron chi connectivity index (χ1n) is 6.57. The molecule has 20 heavy (non-hydrogen) atoms. The van der Waals surface area contributed by atoms with Crippen LogP contribution in [0, 0.1) is 0 Å². The van der Waals surface area contributed by atoms with E-state index in [1.165, 1.54) is 0 Å². The van der Waals surface area contributed by atoms with E-state index < -0.39 is 0 Å². The van der Waals surface area contributed by atoms with Crippen molar-refractivity contribution in [1.29, 1.82) is 0 Å². The lowest BCUT2D eigenvalue weighted by molar-refractivity contribution is 0.101. The molecule has 0 saturated heterocycles. The number of nitrogens with zero attached hydrogens (tertiary/aromatic N) is 5. The number of nitrogens with one attached hydrogen (secondary N) is 1. The van der Waals surface area contributed by atoms with Crippen LogP contribution in [-0.4, -0.2) is 30.5 Å². The number of carbonyl (C=O) groups excluding carboxylic acids is 1. The highest BCUT2D eigenvalue weighted by Crippen LogP contribution is 2.13. The quantitative estimate of drug-likeness (QED) is 0.923. The van der Waals surface area contributed by atoms with E-state index in [1.54, 1.807) is 22.7 Å². The van der Waals surface area contributed by atoms with Crippen LogP contribution in [0.4, 0.5) is 5.82 Å². The zero-order chi connectivity index (χ0) is 14.9. The maximum atomic E-state index is 12.1. The van der Waals surface area contributed by atoms with Gasteiger partial charge in [0.2, 0.25) is 5.82 Å². The van der Waals surface area contributed by atoms with Crippen LogP contribution in [0.25, 0.3) is 0 Å². The van der Waals surface area contributed by atoms with Gasteiger partial charge in [0, 0.05) is 13.1 Å². The zero-order valence-corrected chi connectivity index (χ0v) is 12.5. The van der Waals surface area contributed by atoms with Crippen LogP contribution in [0.15, 0.2) is 12.4 Å². The molecule has 0 saturated carbocycles. The van der Waals surface area contributed by atoms with Crippen molar-refractivity contribution in [2.75, 3.05) is 5.32 Å². The van der Waals surface area contributed by atoms with Crippen LogP contribution in [-0.2, 0) is 19.0 Å². The Balaban J connectivity index is 2.15. The summed E-state index contributed by atoms with van der Waals surface area (Å²) >= 11 is 0. The van der Waals surface area contributed by atoms with Crippen molar-refractivity contribution < 1.29 is 4.79 Å². The Morgan fingerprint density at radius 1 is 1.35 bits per heavy atom. The molecule has 0 bridgehead atoms. The van der Waals surface area contributed by atoms with Gasteiger partial charge in [-0.2, -0.15) is 5.10 Å². The zero-order valence-electron chi connectivity index (χ0n) is 12.5. The van der Waals surface area contributed by atoms with E-state index in [-0.39, 0.29) is 17.3 Å². The van der Waals surface area contributed by atoms with Crippen molar-refractivity contribution in [1.82, 2.24) is 24.5 Å². The molecule has 0 unspecified atom stereocenters. The molecule has 7 heteroatoms. The molecule has 0 radical (unpaired) electrons. The van der Waals surface area contributed by atoms with E-state index in [2.05, 4.69) is 20.5 Å². The molecule has 0 aliphatic carbocycles. The number of aromatic nitrogens is 5. The van der Waals surface area contributed by atoms with Gasteiger partial charge in [0.05, 0.1) is 11.2 Å². The van der Waals surface area contributed by atoms with Crippen LogP contribution in [0.3, 0.4) is 0 Å². The smallest absolute Gasteiger partial charge is 0.296 e. The van der Waals surface area contributed by atoms with Crippen molar-refractivity contribution >= 4 is 11.7 Å². The van der Waals surface area contributed by atoms with E-state index in [9.17, 15) is 4.79 Å². The van der Waals surface area contributed by atoms with Crippen LogP contribution in [0.1, 0.15) is 44.0 Å². The van der Waals surface area contributed by atoms with E-state index >= 15 is 0 Å². The van der Waals surface area contributed by atoms with Crippen LogP contribution >= 0.6 is 0 Å². The standard InChI is InChI=1S/C13H20N6O/c1-6-9-7-10(18(5)16-9)15-12(20)11-14-8-19(17-11)13(2,3)4/h7-8H,6H2,1-5H3,(H,15,20). The summed E-state index contributed by atoms with van der Waals surface area (Å²) in [5.41, 5.74) is 0.726. The molecule has 0 atom stereocenters. The summed E-state index contributed by atoms with van der Waals surface area (Å²) in [6, 6.07) is 1.85. The third-order valence-corrected chi connectivity index (χ3v) is 2.92. The minimum atomic E-state index is -0.335. The summed E-state index contributed by atoms with van der Waals surface area (Å²) < 4.78 is 3.31. The van der Waals surface area contributed by atoms with Gasteiger partial charge in [-0.3, -0.25) is 9.48 Å². The Labute approximate surface area is 118 Å². The second-order valence-electron chi connectivity index (χ2n) is 5.64. The minimum Gasteiger partial charge on any atom is -0.304 e. The van der Waals surface area contributed by atoms with Gasteiger partial charge in [-0.05, 0) is 27.2 Å². The minimum absolute atomic E-state index is 0.152. The maximum Gasteiger partial charge on any atom is 0.296 e. The maximum absolute atomic E-state index is 12.1. The van der Waals surface area contributed by atoms with Gasteiger partial charge >= 0.3 is 0 Å². The SMILES string of the molecule is CCc1cc(NC(=O)c2ncn(C(C)(C)C)n2)n(C)n1. The Morgan fingerprint density at radius 3 is 2.55 bits per heavy atom. The molecule has 0 aliphatic rings. The Bertz CT molecular complexity index is 619. The highest BCUT2D eigenvalue weighted by Gasteiger charge is 2.19. The van der Waals surface area contributed by atoms with Crippen molar-refractivity contribution in [2.24, 2.45) is 7.05 Å². The highest BCUT2D eigenvalue weighted by atomic mass is 16.2. The highest BCUT2D eigenvalue weighted by molar-refractivity contribution is 6.00. The van der Waals surface area contributed by atoms with Crippen LogP contribution in [0.2, 0.25) is 0 Å². The van der Waals surface area contributed by atoms with E-state index in [4.69, 9.17) is 0 Å². The van der Waals surface area contributed by atoms with Gasteiger partial charge in [-0.15, -0.1) is 5.10 Å². The molecule has 2 heterocycles. The summed E-state index contributed by atoms with van der Waals surface area (Å²) in [6.45, 7) is 8.01. The molecule has 1 amide bonds. The summed E-state index contributed by atoms with van der Waals surface area (Å²) in [7, 11) is 1.79. The second kappa shape index (κ2) is 5.07. The number of rotatable bonds is 3. The number of aryl methyl sites for hydroxylation is 2. The number of hydrogen-bond donors (Lipinski definition) is 1. The van der Waals surface area contributed by atoms with Gasteiger partial charge in [0.25, 0.3) is 5.91 Å². The Kier molecular flexibility index (Phi) is 3.61. The lowest BCUT2D eigenvalue weighted by Crippen LogP contribution is -2.23. The first-order valence-corrected chi connectivity index (χ1v) is 6.57. The molecule has 0 fully saturated rings. The lowest BCUT2D eigenvalue weighted by atomic mass is 10.1. The lowest BCUT2D eigenvalue weighted by Gasteiger charge is -2.17. The van der Waals surface area contributed by atoms with Gasteiger partial charge < -0.3 is 5.32 Å². The molecule has 0 aromatic carbocycles. The van der Waals surface area contributed by atoms with Crippen molar-refractivity contribution in [3.8, 4) is 0 Å². The molecule has 2 rings (SSSR count). The Morgan fingerprint density at radius 2 is 2.05 bits per heavy atom. The molecular weight excluding hydrogens is 256 g/mol. The molecule has 108 valence electrons. The van der Waals surface area contributed by atoms with E-state index in [0.717, 1.165) is 12.1 Å². The Hall–Kier alpha value is -2.18. The molecule has 2 aromatic heterocycles. The average Bonchev–Trinajstić information content (AvgIpc) is 2.96. The van der Waals surface area contributed by atoms with Gasteiger partial charge in [0.15, 0.2) is 0 Å². The third kappa shape index (κ3) is 2.87. The predicted octanol–water partition coefficient (Wildman–Crippen LogP) is 1.58. The number of carbonyl (C=O) groups is 1. The number of amides is 1. The van der Waals surface area contributed by atoms with Crippen LogP contribution in [0.5, 0.6) is 0 Å². The summed E-state index contributed by atoms with van der Waals surface area (Å²) in [6.07, 6.45) is 2.39. The molecule has 0 aliphatic heterocycles. The van der Waals surface area contributed by atoms with Crippen LogP contribution < -0.4 is 5.32 Å². The van der Waals surface area contributed by atoms with Gasteiger partial charge in [0.1, 0.15) is 12.1 Å². The number of anilines is 1. The normalized spacial score (nSPS) is 11.7. The monoisotopic (exact) mass is 276 g/mol. The second-order valence-corrected chi connectivity index (χ2v) is 5.64. The van der Waals surface area contributed by atoms with Crippen molar-refractivity contribution in [2.45, 2.75) is 39.7 Å². The fourth-order valence-electron chi connectivity index (χ4n) is 1.68. The first-order chi connectivity index (χ1) is 9.31. The molecule has 2 aromatic rings. The van der Waals surface area contributed by atoms with Gasteiger partial charge in [-0.1, -0.05) is 6.92 Å². The number of hydrogen-bond acceptors (Lipinski definition) is 4. The fraction of sp³-hybridized carbons (Fsp3) is 0.538. The molecular formula is C13H20N6O. The van der Waals surface area contributed by atoms with Crippen molar-refractivity contribution in [3.05, 3.63) is 23.9 Å². The average molecular weight is 276 g/mol. The summed E-state index contributed by atoms with van der Waals surface area (Å²) in [5.74, 6) is 0.455. The molecule has 0 spiro atoms. The topological polar surface area (TPSA) is 77.6 Å². The first kappa shape index (κ1) is 14.2. The van der Waals surface area contributed by atoms with E-state index in [1.807, 2.05) is 33.8 Å². The molecule has 1 N–H and O–H groups in total. The predicted molar refractivity (Wildman–Crippen MR) is 75.6 cm³/mol. The van der Waals surface area contributed by atoms with E-state index in [0.29, 0.717) is 5.82 Å². The largest absolute Gasteiger partial charge is 0.304 e. The fourth-order valence-corrected chi connectivity index (χ4v) is 1.68. The molecule has 7 nitrogen and oxygen atoms in total. The summed E-state index contributed by atoms with van der Waals surface area (Å²) in [5, 5.41) is 11.2.